The number of carboxylic acids is 1. The summed E-state index contributed by atoms with van der Waals surface area (Å²) in [5, 5.41) is 34.4. The van der Waals surface area contributed by atoms with Crippen molar-refractivity contribution in [3.05, 3.63) is 0 Å². The fraction of sp³-hybridized carbons (Fsp3) is 0.917. The first kappa shape index (κ1) is 18.3. The van der Waals surface area contributed by atoms with Crippen molar-refractivity contribution in [1.82, 2.24) is 0 Å². The highest BCUT2D eigenvalue weighted by molar-refractivity contribution is 5.66. The molecule has 114 valence electrons. The molecule has 0 amide bonds. The van der Waals surface area contributed by atoms with Crippen LogP contribution < -0.4 is 0 Å². The van der Waals surface area contributed by atoms with Gasteiger partial charge >= 0.3 is 5.97 Å². The molecule has 7 heteroatoms. The average molecular weight is 280 g/mol. The molecule has 3 unspecified atom stereocenters. The second kappa shape index (κ2) is 11.1. The van der Waals surface area contributed by atoms with E-state index in [-0.39, 0.29) is 13.0 Å². The molecule has 0 spiro atoms. The van der Waals surface area contributed by atoms with Crippen molar-refractivity contribution in [2.45, 2.75) is 44.0 Å². The van der Waals surface area contributed by atoms with E-state index in [1.54, 1.807) is 0 Å². The van der Waals surface area contributed by atoms with Crippen molar-refractivity contribution in [2.24, 2.45) is 0 Å². The standard InChI is InChI=1S/C11H20O6.CH4O/c12-8-4-6-17-9(11(8)15)7-16-5-2-1-3-10(13)14;1-2/h8-9,11-12,15H,1-7H2,(H,13,14);2H,1H3. The number of unbranched alkanes of at least 4 members (excludes halogenated alkanes) is 1. The molecule has 0 aliphatic carbocycles. The first-order chi connectivity index (χ1) is 9.11. The van der Waals surface area contributed by atoms with Crippen molar-refractivity contribution in [2.75, 3.05) is 26.9 Å². The number of carbonyl (C=O) groups is 1. The van der Waals surface area contributed by atoms with Crippen molar-refractivity contribution in [3.8, 4) is 0 Å². The zero-order valence-electron chi connectivity index (χ0n) is 11.2. The molecule has 3 atom stereocenters. The van der Waals surface area contributed by atoms with Crippen LogP contribution in [0.1, 0.15) is 25.7 Å². The summed E-state index contributed by atoms with van der Waals surface area (Å²) in [6.07, 6.45) is -0.310. The van der Waals surface area contributed by atoms with Gasteiger partial charge in [0.1, 0.15) is 12.2 Å². The highest BCUT2D eigenvalue weighted by Gasteiger charge is 2.31. The van der Waals surface area contributed by atoms with Crippen molar-refractivity contribution in [3.63, 3.8) is 0 Å². The number of carboxylic acid groups (broad SMARTS) is 1. The van der Waals surface area contributed by atoms with Crippen LogP contribution in [-0.4, -0.2) is 71.6 Å². The van der Waals surface area contributed by atoms with E-state index in [4.69, 9.17) is 19.7 Å². The summed E-state index contributed by atoms with van der Waals surface area (Å²) in [5.41, 5.74) is 0. The second-order valence-electron chi connectivity index (χ2n) is 4.18. The lowest BCUT2D eigenvalue weighted by Crippen LogP contribution is -2.46. The maximum absolute atomic E-state index is 10.2. The van der Waals surface area contributed by atoms with E-state index in [9.17, 15) is 15.0 Å². The monoisotopic (exact) mass is 280 g/mol. The van der Waals surface area contributed by atoms with Crippen LogP contribution in [0.2, 0.25) is 0 Å². The minimum Gasteiger partial charge on any atom is -0.481 e. The van der Waals surface area contributed by atoms with E-state index in [1.165, 1.54) is 0 Å². The number of aliphatic carboxylic acids is 1. The molecule has 1 aliphatic rings. The third-order valence-electron chi connectivity index (χ3n) is 2.73. The molecule has 0 aromatic rings. The molecule has 1 fully saturated rings. The van der Waals surface area contributed by atoms with Gasteiger partial charge in [-0.2, -0.15) is 0 Å². The van der Waals surface area contributed by atoms with E-state index in [0.29, 0.717) is 32.5 Å². The molecule has 1 saturated heterocycles. The van der Waals surface area contributed by atoms with E-state index in [0.717, 1.165) is 7.11 Å². The average Bonchev–Trinajstić information content (AvgIpc) is 2.40. The van der Waals surface area contributed by atoms with Gasteiger partial charge in [-0.15, -0.1) is 0 Å². The number of ether oxygens (including phenoxy) is 2. The summed E-state index contributed by atoms with van der Waals surface area (Å²) in [6, 6.07) is 0. The third-order valence-corrected chi connectivity index (χ3v) is 2.73. The van der Waals surface area contributed by atoms with Gasteiger partial charge in [0.15, 0.2) is 0 Å². The Hall–Kier alpha value is -0.730. The van der Waals surface area contributed by atoms with Gasteiger partial charge in [0.25, 0.3) is 0 Å². The molecule has 0 bridgehead atoms. The Bertz CT molecular complexity index is 234. The predicted molar refractivity (Wildman–Crippen MR) is 66.8 cm³/mol. The molecule has 7 nitrogen and oxygen atoms in total. The zero-order chi connectivity index (χ0) is 14.7. The number of aliphatic hydroxyl groups is 3. The largest absolute Gasteiger partial charge is 0.481 e. The summed E-state index contributed by atoms with van der Waals surface area (Å²) in [7, 11) is 1.00. The number of hydrogen-bond acceptors (Lipinski definition) is 6. The van der Waals surface area contributed by atoms with Gasteiger partial charge in [0.2, 0.25) is 0 Å². The predicted octanol–water partition coefficient (Wildman–Crippen LogP) is -0.623. The lowest BCUT2D eigenvalue weighted by atomic mass is 10.0. The topological polar surface area (TPSA) is 116 Å². The highest BCUT2D eigenvalue weighted by Crippen LogP contribution is 2.15. The Kier molecular flexibility index (Phi) is 10.7. The van der Waals surface area contributed by atoms with Crippen LogP contribution >= 0.6 is 0 Å². The second-order valence-corrected chi connectivity index (χ2v) is 4.18. The molecular formula is C12H24O7. The third kappa shape index (κ3) is 8.12. The summed E-state index contributed by atoms with van der Waals surface area (Å²) >= 11 is 0. The van der Waals surface area contributed by atoms with Gasteiger partial charge < -0.3 is 29.9 Å². The first-order valence-electron chi connectivity index (χ1n) is 6.33. The molecule has 0 radical (unpaired) electrons. The van der Waals surface area contributed by atoms with Crippen molar-refractivity contribution >= 4 is 5.97 Å². The Morgan fingerprint density at radius 1 is 1.32 bits per heavy atom. The van der Waals surface area contributed by atoms with E-state index < -0.39 is 24.3 Å². The molecule has 1 aliphatic heterocycles. The Labute approximate surface area is 112 Å². The molecule has 1 rings (SSSR count). The molecular weight excluding hydrogens is 256 g/mol. The molecule has 0 saturated carbocycles. The lowest BCUT2D eigenvalue weighted by molar-refractivity contribution is -0.154. The SMILES string of the molecule is CO.O=C(O)CCCCOCC1OCCC(O)C1O. The van der Waals surface area contributed by atoms with Crippen LogP contribution in [0.15, 0.2) is 0 Å². The molecule has 1 heterocycles. The first-order valence-corrected chi connectivity index (χ1v) is 6.33. The molecule has 0 aromatic carbocycles. The van der Waals surface area contributed by atoms with Crippen LogP contribution in [-0.2, 0) is 14.3 Å². The minimum atomic E-state index is -0.900. The van der Waals surface area contributed by atoms with E-state index in [2.05, 4.69) is 0 Å². The van der Waals surface area contributed by atoms with Gasteiger partial charge in [0, 0.05) is 26.7 Å². The van der Waals surface area contributed by atoms with Crippen molar-refractivity contribution < 1.29 is 34.7 Å². The highest BCUT2D eigenvalue weighted by atomic mass is 16.5. The molecule has 4 N–H and O–H groups in total. The summed E-state index contributed by atoms with van der Waals surface area (Å²) < 4.78 is 10.6. The van der Waals surface area contributed by atoms with Gasteiger partial charge in [0.05, 0.1) is 12.7 Å². The Balaban J connectivity index is 0.00000154. The van der Waals surface area contributed by atoms with Crippen LogP contribution in [0, 0.1) is 0 Å². The van der Waals surface area contributed by atoms with E-state index in [1.807, 2.05) is 0 Å². The molecule has 0 aromatic heterocycles. The van der Waals surface area contributed by atoms with Gasteiger partial charge in [-0.05, 0) is 19.3 Å². The van der Waals surface area contributed by atoms with Gasteiger partial charge in [-0.3, -0.25) is 4.79 Å². The summed E-state index contributed by atoms with van der Waals surface area (Å²) in [6.45, 7) is 1.09. The fourth-order valence-corrected chi connectivity index (χ4v) is 1.68. The minimum absolute atomic E-state index is 0.143. The maximum Gasteiger partial charge on any atom is 0.303 e. The lowest BCUT2D eigenvalue weighted by Gasteiger charge is -2.31. The Morgan fingerprint density at radius 2 is 2.00 bits per heavy atom. The zero-order valence-corrected chi connectivity index (χ0v) is 11.2. The number of rotatable bonds is 7. The number of aliphatic hydroxyl groups excluding tert-OH is 3. The van der Waals surface area contributed by atoms with Crippen LogP contribution in [0.4, 0.5) is 0 Å². The maximum atomic E-state index is 10.2. The van der Waals surface area contributed by atoms with Crippen LogP contribution in [0.25, 0.3) is 0 Å². The smallest absolute Gasteiger partial charge is 0.303 e. The van der Waals surface area contributed by atoms with Crippen LogP contribution in [0.5, 0.6) is 0 Å². The summed E-state index contributed by atoms with van der Waals surface area (Å²) in [4.78, 5) is 10.2. The van der Waals surface area contributed by atoms with Crippen LogP contribution in [0.3, 0.4) is 0 Å². The normalized spacial score (nSPS) is 26.4. The van der Waals surface area contributed by atoms with Gasteiger partial charge in [-0.1, -0.05) is 0 Å². The summed E-state index contributed by atoms with van der Waals surface area (Å²) in [5.74, 6) is -0.806. The quantitative estimate of drug-likeness (QED) is 0.459. The molecule has 19 heavy (non-hydrogen) atoms. The number of hydrogen-bond donors (Lipinski definition) is 4. The Morgan fingerprint density at radius 3 is 2.63 bits per heavy atom. The van der Waals surface area contributed by atoms with Crippen molar-refractivity contribution in [1.29, 1.82) is 0 Å². The fourth-order valence-electron chi connectivity index (χ4n) is 1.68. The van der Waals surface area contributed by atoms with Gasteiger partial charge in [-0.25, -0.2) is 0 Å². The van der Waals surface area contributed by atoms with E-state index >= 15 is 0 Å².